The largest absolute Gasteiger partial charge is 0.279 e. The van der Waals surface area contributed by atoms with E-state index in [0.717, 1.165) is 0 Å². The third kappa shape index (κ3) is 2.15. The molecule has 3 aromatic carbocycles. The number of para-hydroxylation sites is 3. The van der Waals surface area contributed by atoms with Crippen molar-refractivity contribution in [2.45, 2.75) is 0 Å². The molecule has 0 fully saturated rings. The molecule has 0 N–H and O–H groups in total. The third-order valence-corrected chi connectivity index (χ3v) is 4.62. The third-order valence-electron chi connectivity index (χ3n) is 4.62. The molecule has 0 amide bonds. The fraction of sp³-hybridized carbons (Fsp3) is 0. The van der Waals surface area contributed by atoms with Crippen molar-refractivity contribution in [1.29, 1.82) is 0 Å². The van der Waals surface area contributed by atoms with Gasteiger partial charge in [-0.3, -0.25) is 19.5 Å². The van der Waals surface area contributed by atoms with E-state index in [-0.39, 0.29) is 11.2 Å². The van der Waals surface area contributed by atoms with E-state index in [9.17, 15) is 14.9 Å². The molecule has 2 aromatic heterocycles. The van der Waals surface area contributed by atoms with Crippen molar-refractivity contribution in [1.82, 2.24) is 14.0 Å². The van der Waals surface area contributed by atoms with Crippen LogP contribution in [-0.2, 0) is 0 Å². The minimum absolute atomic E-state index is 0.0236. The number of nitro benzene ring substituents is 1. The molecule has 5 aromatic rings. The molecule has 0 bridgehead atoms. The number of non-ortho nitro benzene ring substituents is 1. The van der Waals surface area contributed by atoms with E-state index in [1.165, 1.54) is 12.1 Å². The van der Waals surface area contributed by atoms with Crippen molar-refractivity contribution in [3.05, 3.63) is 93.3 Å². The van der Waals surface area contributed by atoms with Crippen molar-refractivity contribution in [3.8, 4) is 5.69 Å². The first kappa shape index (κ1) is 15.3. The van der Waals surface area contributed by atoms with Gasteiger partial charge in [-0.05, 0) is 30.3 Å². The number of nitro groups is 1. The van der Waals surface area contributed by atoms with Crippen LogP contribution in [0.15, 0.2) is 77.6 Å². The standard InChI is InChI=1S/C20H12N4O3/c25-19-15-8-1-3-10-17(15)22(13-6-5-7-14(12-13)24(26)27)20-21-16-9-2-4-11-18(16)23(19)20/h1-12H. The molecule has 7 heteroatoms. The fourth-order valence-electron chi connectivity index (χ4n) is 3.44. The first-order valence-corrected chi connectivity index (χ1v) is 8.31. The molecule has 0 aliphatic carbocycles. The summed E-state index contributed by atoms with van der Waals surface area (Å²) in [7, 11) is 0. The van der Waals surface area contributed by atoms with Crippen LogP contribution in [0.1, 0.15) is 0 Å². The minimum Gasteiger partial charge on any atom is -0.279 e. The van der Waals surface area contributed by atoms with E-state index in [1.54, 1.807) is 33.2 Å². The molecular formula is C20H12N4O3. The Morgan fingerprint density at radius 2 is 1.63 bits per heavy atom. The minimum atomic E-state index is -0.437. The van der Waals surface area contributed by atoms with E-state index in [1.807, 2.05) is 36.4 Å². The smallest absolute Gasteiger partial charge is 0.271 e. The van der Waals surface area contributed by atoms with Crippen LogP contribution in [0.3, 0.4) is 0 Å². The molecule has 0 aliphatic heterocycles. The Labute approximate surface area is 151 Å². The van der Waals surface area contributed by atoms with Gasteiger partial charge in [0.05, 0.1) is 32.5 Å². The van der Waals surface area contributed by atoms with Crippen molar-refractivity contribution in [3.63, 3.8) is 0 Å². The Hall–Kier alpha value is -4.00. The van der Waals surface area contributed by atoms with E-state index in [2.05, 4.69) is 4.98 Å². The van der Waals surface area contributed by atoms with Gasteiger partial charge in [-0.25, -0.2) is 9.38 Å². The van der Waals surface area contributed by atoms with Crippen LogP contribution in [0.5, 0.6) is 0 Å². The number of imidazole rings is 1. The normalized spacial score (nSPS) is 11.4. The lowest BCUT2D eigenvalue weighted by Gasteiger charge is -2.12. The zero-order valence-corrected chi connectivity index (χ0v) is 13.9. The van der Waals surface area contributed by atoms with Gasteiger partial charge in [0, 0.05) is 12.1 Å². The topological polar surface area (TPSA) is 82.4 Å². The maximum atomic E-state index is 13.1. The molecule has 0 spiro atoms. The second kappa shape index (κ2) is 5.50. The lowest BCUT2D eigenvalue weighted by molar-refractivity contribution is -0.384. The van der Waals surface area contributed by atoms with E-state index in [4.69, 9.17) is 0 Å². The van der Waals surface area contributed by atoms with Crippen molar-refractivity contribution in [2.24, 2.45) is 0 Å². The first-order chi connectivity index (χ1) is 13.1. The lowest BCUT2D eigenvalue weighted by Crippen LogP contribution is -2.18. The summed E-state index contributed by atoms with van der Waals surface area (Å²) in [6.07, 6.45) is 0. The average molecular weight is 356 g/mol. The highest BCUT2D eigenvalue weighted by Crippen LogP contribution is 2.25. The average Bonchev–Trinajstić information content (AvgIpc) is 3.08. The number of fused-ring (bicyclic) bond motifs is 4. The predicted molar refractivity (Wildman–Crippen MR) is 102 cm³/mol. The van der Waals surface area contributed by atoms with Crippen LogP contribution in [0.4, 0.5) is 5.69 Å². The Balaban J connectivity index is 2.04. The Bertz CT molecular complexity index is 1430. The summed E-state index contributed by atoms with van der Waals surface area (Å²) in [5.41, 5.74) is 2.40. The second-order valence-corrected chi connectivity index (χ2v) is 6.17. The highest BCUT2D eigenvalue weighted by atomic mass is 16.6. The predicted octanol–water partition coefficient (Wildman–Crippen LogP) is 3.70. The number of hydrogen-bond donors (Lipinski definition) is 0. The van der Waals surface area contributed by atoms with Crippen LogP contribution >= 0.6 is 0 Å². The monoisotopic (exact) mass is 356 g/mol. The highest BCUT2D eigenvalue weighted by Gasteiger charge is 2.17. The molecule has 0 atom stereocenters. The molecular weight excluding hydrogens is 344 g/mol. The fourth-order valence-corrected chi connectivity index (χ4v) is 3.44. The molecule has 2 heterocycles. The number of nitrogens with zero attached hydrogens (tertiary/aromatic N) is 4. The Morgan fingerprint density at radius 3 is 2.44 bits per heavy atom. The zero-order chi connectivity index (χ0) is 18.5. The lowest BCUT2D eigenvalue weighted by atomic mass is 10.2. The zero-order valence-electron chi connectivity index (χ0n) is 13.9. The number of hydrogen-bond acceptors (Lipinski definition) is 4. The van der Waals surface area contributed by atoms with Gasteiger partial charge in [0.15, 0.2) is 0 Å². The van der Waals surface area contributed by atoms with Crippen LogP contribution in [0, 0.1) is 10.1 Å². The van der Waals surface area contributed by atoms with Crippen molar-refractivity contribution < 1.29 is 4.92 Å². The second-order valence-electron chi connectivity index (χ2n) is 6.17. The summed E-state index contributed by atoms with van der Waals surface area (Å²) in [5, 5.41) is 11.7. The van der Waals surface area contributed by atoms with Gasteiger partial charge in [0.25, 0.3) is 11.2 Å². The molecule has 0 saturated carbocycles. The number of rotatable bonds is 2. The van der Waals surface area contributed by atoms with Gasteiger partial charge < -0.3 is 0 Å². The van der Waals surface area contributed by atoms with Gasteiger partial charge in [0.1, 0.15) is 0 Å². The van der Waals surface area contributed by atoms with E-state index in [0.29, 0.717) is 33.4 Å². The number of benzene rings is 3. The maximum absolute atomic E-state index is 13.1. The van der Waals surface area contributed by atoms with Gasteiger partial charge in [-0.15, -0.1) is 0 Å². The molecule has 0 radical (unpaired) electrons. The van der Waals surface area contributed by atoms with Crippen LogP contribution in [-0.4, -0.2) is 18.9 Å². The Kier molecular flexibility index (Phi) is 3.11. The van der Waals surface area contributed by atoms with Crippen molar-refractivity contribution >= 4 is 33.4 Å². The van der Waals surface area contributed by atoms with Gasteiger partial charge in [0.2, 0.25) is 5.78 Å². The first-order valence-electron chi connectivity index (χ1n) is 8.31. The summed E-state index contributed by atoms with van der Waals surface area (Å²) >= 11 is 0. The Morgan fingerprint density at radius 1 is 0.889 bits per heavy atom. The van der Waals surface area contributed by atoms with Gasteiger partial charge in [-0.1, -0.05) is 30.3 Å². The summed E-state index contributed by atoms with van der Waals surface area (Å²) in [6, 6.07) is 20.9. The number of aromatic nitrogens is 3. The molecule has 0 saturated heterocycles. The molecule has 5 rings (SSSR count). The quantitative estimate of drug-likeness (QED) is 0.357. The summed E-state index contributed by atoms with van der Waals surface area (Å²) in [4.78, 5) is 28.6. The van der Waals surface area contributed by atoms with Gasteiger partial charge >= 0.3 is 0 Å². The summed E-state index contributed by atoms with van der Waals surface area (Å²) in [5.74, 6) is 0.417. The molecule has 130 valence electrons. The van der Waals surface area contributed by atoms with Crippen LogP contribution < -0.4 is 5.56 Å². The summed E-state index contributed by atoms with van der Waals surface area (Å²) < 4.78 is 3.33. The highest BCUT2D eigenvalue weighted by molar-refractivity contribution is 5.87. The molecule has 0 unspecified atom stereocenters. The SMILES string of the molecule is O=c1c2ccccc2n(-c2cccc([N+](=O)[O-])c2)c2nc3ccccc3n12. The van der Waals surface area contributed by atoms with Gasteiger partial charge in [-0.2, -0.15) is 0 Å². The molecule has 27 heavy (non-hydrogen) atoms. The van der Waals surface area contributed by atoms with Crippen molar-refractivity contribution in [2.75, 3.05) is 0 Å². The van der Waals surface area contributed by atoms with E-state index < -0.39 is 4.92 Å². The van der Waals surface area contributed by atoms with E-state index >= 15 is 0 Å². The summed E-state index contributed by atoms with van der Waals surface area (Å²) in [6.45, 7) is 0. The van der Waals surface area contributed by atoms with Crippen LogP contribution in [0.2, 0.25) is 0 Å². The molecule has 7 nitrogen and oxygen atoms in total. The molecule has 0 aliphatic rings. The maximum Gasteiger partial charge on any atom is 0.271 e. The van der Waals surface area contributed by atoms with Crippen LogP contribution in [0.25, 0.3) is 33.4 Å².